The van der Waals surface area contributed by atoms with Crippen molar-refractivity contribution in [2.24, 2.45) is 0 Å². The number of rotatable bonds is 6. The van der Waals surface area contributed by atoms with Crippen LogP contribution in [0.25, 0.3) is 55.6 Å². The predicted molar refractivity (Wildman–Crippen MR) is 151 cm³/mol. The Kier molecular flexibility index (Phi) is 6.01. The summed E-state index contributed by atoms with van der Waals surface area (Å²) in [4.78, 5) is 14.1. The number of aromatic nitrogens is 5. The molecule has 0 amide bonds. The van der Waals surface area contributed by atoms with E-state index in [4.69, 9.17) is 4.74 Å². The van der Waals surface area contributed by atoms with E-state index in [2.05, 4.69) is 25.1 Å². The summed E-state index contributed by atoms with van der Waals surface area (Å²) in [6.07, 6.45) is 5.08. The molecule has 0 radical (unpaired) electrons. The van der Waals surface area contributed by atoms with Gasteiger partial charge in [0.1, 0.15) is 11.6 Å². The van der Waals surface area contributed by atoms with Gasteiger partial charge in [0.25, 0.3) is 5.92 Å². The number of hydrogen-bond acceptors (Lipinski definition) is 5. The number of benzene rings is 2. The van der Waals surface area contributed by atoms with Gasteiger partial charge in [0.15, 0.2) is 5.65 Å². The number of alkyl halides is 2. The van der Waals surface area contributed by atoms with E-state index in [0.717, 1.165) is 49.9 Å². The van der Waals surface area contributed by atoms with Gasteiger partial charge in [0, 0.05) is 71.6 Å². The number of nitrogens with one attached hydrogen (secondary N) is 2. The highest BCUT2D eigenvalue weighted by atomic mass is 19.3. The van der Waals surface area contributed by atoms with Crippen LogP contribution < -0.4 is 4.74 Å². The van der Waals surface area contributed by atoms with Crippen LogP contribution in [0.5, 0.6) is 5.75 Å². The van der Waals surface area contributed by atoms with E-state index in [-0.39, 0.29) is 18.8 Å². The highest BCUT2D eigenvalue weighted by Gasteiger charge is 2.37. The van der Waals surface area contributed by atoms with Gasteiger partial charge in [-0.25, -0.2) is 18.2 Å². The number of fused-ring (bicyclic) bond motifs is 2. The van der Waals surface area contributed by atoms with E-state index in [9.17, 15) is 13.2 Å². The van der Waals surface area contributed by atoms with Gasteiger partial charge in [0.05, 0.1) is 25.0 Å². The molecule has 2 N–H and O–H groups in total. The van der Waals surface area contributed by atoms with Gasteiger partial charge >= 0.3 is 0 Å². The maximum atomic E-state index is 14.3. The van der Waals surface area contributed by atoms with Crippen molar-refractivity contribution in [3.05, 3.63) is 84.6 Å². The lowest BCUT2D eigenvalue weighted by Gasteiger charge is -2.15. The maximum Gasteiger partial charge on any atom is 0.261 e. The van der Waals surface area contributed by atoms with Crippen molar-refractivity contribution in [3.63, 3.8) is 0 Å². The highest BCUT2D eigenvalue weighted by molar-refractivity contribution is 6.01. The number of nitrogens with zero attached hydrogens (tertiary/aromatic N) is 4. The topological polar surface area (TPSA) is 82.7 Å². The van der Waals surface area contributed by atoms with Crippen LogP contribution in [0.2, 0.25) is 0 Å². The smallest absolute Gasteiger partial charge is 0.261 e. The third-order valence-corrected chi connectivity index (χ3v) is 7.54. The van der Waals surface area contributed by atoms with Crippen LogP contribution in [0.3, 0.4) is 0 Å². The summed E-state index contributed by atoms with van der Waals surface area (Å²) in [5.41, 5.74) is 7.13. The fourth-order valence-electron chi connectivity index (χ4n) is 5.57. The summed E-state index contributed by atoms with van der Waals surface area (Å²) in [7, 11) is 1.51. The van der Waals surface area contributed by atoms with Crippen LogP contribution in [0.15, 0.2) is 73.2 Å². The Morgan fingerprint density at radius 3 is 2.68 bits per heavy atom. The summed E-state index contributed by atoms with van der Waals surface area (Å²) in [6, 6.07) is 16.5. The number of ether oxygens (including phenoxy) is 1. The van der Waals surface area contributed by atoms with Crippen molar-refractivity contribution in [3.8, 4) is 39.4 Å². The zero-order chi connectivity index (χ0) is 28.1. The fourth-order valence-corrected chi connectivity index (χ4v) is 5.57. The first-order chi connectivity index (χ1) is 19.8. The fraction of sp³-hybridized carbons (Fsp3) is 0.194. The summed E-state index contributed by atoms with van der Waals surface area (Å²) >= 11 is 0. The SMILES string of the molecule is COc1cc(F)cc(-c2cccc3[nH]c(-c4[nH]nc5ncc(-c6cncc(CN7CCC(F)(F)C7)c6)cc45)cc23)c1. The van der Waals surface area contributed by atoms with Crippen LogP contribution in [0, 0.1) is 5.82 Å². The normalized spacial score (nSPS) is 15.2. The minimum absolute atomic E-state index is 0.115. The van der Waals surface area contributed by atoms with Gasteiger partial charge < -0.3 is 9.72 Å². The Morgan fingerprint density at radius 1 is 0.976 bits per heavy atom. The summed E-state index contributed by atoms with van der Waals surface area (Å²) in [5.74, 6) is -2.56. The molecule has 10 heteroatoms. The van der Waals surface area contributed by atoms with E-state index >= 15 is 0 Å². The molecule has 5 heterocycles. The van der Waals surface area contributed by atoms with Crippen molar-refractivity contribution >= 4 is 21.9 Å². The zero-order valence-corrected chi connectivity index (χ0v) is 22.1. The van der Waals surface area contributed by atoms with Crippen LogP contribution in [0.1, 0.15) is 12.0 Å². The first kappa shape index (κ1) is 25.3. The average molecular weight is 555 g/mol. The van der Waals surface area contributed by atoms with Crippen LogP contribution >= 0.6 is 0 Å². The van der Waals surface area contributed by atoms with Crippen molar-refractivity contribution in [2.45, 2.75) is 18.9 Å². The van der Waals surface area contributed by atoms with E-state index in [0.29, 0.717) is 30.0 Å². The molecule has 1 saturated heterocycles. The molecule has 0 spiro atoms. The molecule has 1 fully saturated rings. The van der Waals surface area contributed by atoms with Crippen LogP contribution in [-0.2, 0) is 6.54 Å². The molecule has 0 atom stereocenters. The quantitative estimate of drug-likeness (QED) is 0.236. The molecule has 2 aromatic carbocycles. The number of halogens is 3. The molecule has 6 aromatic rings. The highest BCUT2D eigenvalue weighted by Crippen LogP contribution is 2.36. The van der Waals surface area contributed by atoms with Crippen LogP contribution in [0.4, 0.5) is 13.2 Å². The molecule has 7 rings (SSSR count). The number of aromatic amines is 2. The van der Waals surface area contributed by atoms with Crippen LogP contribution in [-0.4, -0.2) is 56.2 Å². The van der Waals surface area contributed by atoms with Crippen molar-refractivity contribution in [1.29, 1.82) is 0 Å². The molecule has 1 aliphatic heterocycles. The van der Waals surface area contributed by atoms with Gasteiger partial charge in [-0.3, -0.25) is 15.0 Å². The van der Waals surface area contributed by atoms with E-state index in [1.54, 1.807) is 23.5 Å². The zero-order valence-electron chi connectivity index (χ0n) is 22.1. The first-order valence-electron chi connectivity index (χ1n) is 13.2. The second kappa shape index (κ2) is 9.74. The second-order valence-electron chi connectivity index (χ2n) is 10.4. The van der Waals surface area contributed by atoms with E-state index in [1.807, 2.05) is 42.5 Å². The Balaban J connectivity index is 1.25. The van der Waals surface area contributed by atoms with Gasteiger partial charge in [-0.1, -0.05) is 12.1 Å². The summed E-state index contributed by atoms with van der Waals surface area (Å²) in [5, 5.41) is 9.24. The standard InChI is InChI=1S/C31H25F3N6O/c1-41-23-9-19(8-22(32)11-23)24-3-2-4-27-25(24)12-28(37-27)29-26-10-21(15-36-30(26)39-38-29)20-7-18(13-35-14-20)16-40-6-5-31(33,34)17-40/h2-4,7-15,37H,5-6,16-17H2,1H3,(H,36,38,39). The lowest BCUT2D eigenvalue weighted by Crippen LogP contribution is -2.24. The molecule has 4 aromatic heterocycles. The van der Waals surface area contributed by atoms with Crippen molar-refractivity contribution in [2.75, 3.05) is 20.2 Å². The Labute approximate surface area is 233 Å². The summed E-state index contributed by atoms with van der Waals surface area (Å²) in [6.45, 7) is 0.543. The largest absolute Gasteiger partial charge is 0.497 e. The Hall–Kier alpha value is -4.70. The Bertz CT molecular complexity index is 1910. The average Bonchev–Trinajstić information content (AvgIpc) is 3.68. The number of likely N-dealkylation sites (tertiary alicyclic amines) is 1. The molecule has 0 bridgehead atoms. The lowest BCUT2D eigenvalue weighted by molar-refractivity contribution is 0.0115. The molecule has 0 aliphatic carbocycles. The molecule has 7 nitrogen and oxygen atoms in total. The van der Waals surface area contributed by atoms with E-state index < -0.39 is 5.92 Å². The monoisotopic (exact) mass is 554 g/mol. The number of H-pyrrole nitrogens is 2. The molecule has 0 unspecified atom stereocenters. The first-order valence-corrected chi connectivity index (χ1v) is 13.2. The molecule has 206 valence electrons. The van der Waals surface area contributed by atoms with Gasteiger partial charge in [-0.2, -0.15) is 5.10 Å². The van der Waals surface area contributed by atoms with E-state index in [1.165, 1.54) is 19.2 Å². The number of pyridine rings is 2. The van der Waals surface area contributed by atoms with Gasteiger partial charge in [0.2, 0.25) is 0 Å². The minimum atomic E-state index is -2.63. The molecule has 41 heavy (non-hydrogen) atoms. The number of methoxy groups -OCH3 is 1. The Morgan fingerprint density at radius 2 is 1.85 bits per heavy atom. The summed E-state index contributed by atoms with van der Waals surface area (Å²) < 4.78 is 46.9. The van der Waals surface area contributed by atoms with Gasteiger partial charge in [-0.15, -0.1) is 0 Å². The molecule has 0 saturated carbocycles. The maximum absolute atomic E-state index is 14.3. The molecule has 1 aliphatic rings. The molecular formula is C31H25F3N6O. The number of hydrogen-bond donors (Lipinski definition) is 2. The van der Waals surface area contributed by atoms with Crippen molar-refractivity contribution in [1.82, 2.24) is 30.0 Å². The van der Waals surface area contributed by atoms with Crippen molar-refractivity contribution < 1.29 is 17.9 Å². The minimum Gasteiger partial charge on any atom is -0.497 e. The molecular weight excluding hydrogens is 529 g/mol. The predicted octanol–water partition coefficient (Wildman–Crippen LogP) is 6.82. The third-order valence-electron chi connectivity index (χ3n) is 7.54. The van der Waals surface area contributed by atoms with Gasteiger partial charge in [-0.05, 0) is 53.1 Å². The second-order valence-corrected chi connectivity index (χ2v) is 10.4. The third kappa shape index (κ3) is 4.80. The lowest BCUT2D eigenvalue weighted by atomic mass is 10.0.